The summed E-state index contributed by atoms with van der Waals surface area (Å²) in [5, 5.41) is 0. The van der Waals surface area contributed by atoms with E-state index in [4.69, 9.17) is 33.2 Å². The minimum absolute atomic E-state index is 0.0641. The number of rotatable bonds is 26. The van der Waals surface area contributed by atoms with Gasteiger partial charge in [0, 0.05) is 24.7 Å². The highest BCUT2D eigenvalue weighted by atomic mass is 16.6. The van der Waals surface area contributed by atoms with Crippen LogP contribution in [0.4, 0.5) is 0 Å². The van der Waals surface area contributed by atoms with Gasteiger partial charge in [-0.3, -0.25) is 9.59 Å². The van der Waals surface area contributed by atoms with E-state index in [-0.39, 0.29) is 23.4 Å². The van der Waals surface area contributed by atoms with E-state index >= 15 is 0 Å². The molecule has 9 nitrogen and oxygen atoms in total. The summed E-state index contributed by atoms with van der Waals surface area (Å²) >= 11 is 0. The Morgan fingerprint density at radius 1 is 0.394 bits per heavy atom. The van der Waals surface area contributed by atoms with Gasteiger partial charge >= 0.3 is 0 Å². The summed E-state index contributed by atoms with van der Waals surface area (Å²) in [5.74, 6) is 0.568. The molecule has 0 unspecified atom stereocenters. The zero-order valence-electron chi connectivity index (χ0n) is 21.1. The smallest absolute Gasteiger partial charge is 0.137 e. The third kappa shape index (κ3) is 24.0. The lowest BCUT2D eigenvalue weighted by molar-refractivity contribution is -0.123. The molecule has 0 bridgehead atoms. The molecule has 0 aliphatic carbocycles. The molecule has 0 aromatic carbocycles. The van der Waals surface area contributed by atoms with Gasteiger partial charge in [-0.05, 0) is 0 Å². The van der Waals surface area contributed by atoms with Crippen LogP contribution in [0.1, 0.15) is 40.5 Å². The molecule has 0 aromatic rings. The number of carbonyl (C=O) groups is 2. The van der Waals surface area contributed by atoms with Crippen molar-refractivity contribution >= 4 is 11.6 Å². The average Bonchev–Trinajstić information content (AvgIpc) is 2.78. The van der Waals surface area contributed by atoms with Crippen molar-refractivity contribution in [1.29, 1.82) is 0 Å². The average molecular weight is 479 g/mol. The van der Waals surface area contributed by atoms with Gasteiger partial charge < -0.3 is 33.2 Å². The Kier molecular flexibility index (Phi) is 23.5. The van der Waals surface area contributed by atoms with Crippen LogP contribution in [0.25, 0.3) is 0 Å². The number of carbonyl (C=O) groups excluding carboxylic acids is 2. The molecule has 33 heavy (non-hydrogen) atoms. The molecular weight excluding hydrogens is 432 g/mol. The monoisotopic (exact) mass is 478 g/mol. The van der Waals surface area contributed by atoms with E-state index in [9.17, 15) is 9.59 Å². The van der Waals surface area contributed by atoms with Gasteiger partial charge in [0.15, 0.2) is 0 Å². The quantitative estimate of drug-likeness (QED) is 0.173. The summed E-state index contributed by atoms with van der Waals surface area (Å²) in [6.45, 7) is 14.4. The van der Waals surface area contributed by atoms with Crippen LogP contribution in [-0.4, -0.2) is 104 Å². The maximum Gasteiger partial charge on any atom is 0.137 e. The van der Waals surface area contributed by atoms with E-state index < -0.39 is 0 Å². The van der Waals surface area contributed by atoms with Crippen molar-refractivity contribution in [2.24, 2.45) is 11.8 Å². The molecule has 196 valence electrons. The van der Waals surface area contributed by atoms with Crippen LogP contribution >= 0.6 is 0 Å². The summed E-state index contributed by atoms with van der Waals surface area (Å²) in [6, 6.07) is 0. The second-order valence-corrected chi connectivity index (χ2v) is 8.03. The van der Waals surface area contributed by atoms with Gasteiger partial charge in [0.25, 0.3) is 0 Å². The maximum absolute atomic E-state index is 11.4. The van der Waals surface area contributed by atoms with Gasteiger partial charge in [-0.2, -0.15) is 0 Å². The van der Waals surface area contributed by atoms with Crippen molar-refractivity contribution in [3.63, 3.8) is 0 Å². The molecule has 0 saturated carbocycles. The first-order valence-corrected chi connectivity index (χ1v) is 12.0. The standard InChI is InChI=1S/C24H46O9/c1-21(2)23(25)5-7-27-9-11-29-13-15-31-17-19-33-20-18-32-16-14-30-12-10-28-8-6-24(26)22(3)4/h21-22H,5-20H2,1-4H3. The predicted octanol–water partition coefficient (Wildman–Crippen LogP) is 2.33. The van der Waals surface area contributed by atoms with Crippen LogP contribution in [0, 0.1) is 11.8 Å². The van der Waals surface area contributed by atoms with Crippen molar-refractivity contribution < 1.29 is 42.7 Å². The van der Waals surface area contributed by atoms with Crippen LogP contribution in [0.3, 0.4) is 0 Å². The van der Waals surface area contributed by atoms with Crippen molar-refractivity contribution in [2.75, 3.05) is 92.5 Å². The summed E-state index contributed by atoms with van der Waals surface area (Å²) < 4.78 is 37.8. The molecule has 0 aromatic heterocycles. The molecule has 0 radical (unpaired) electrons. The van der Waals surface area contributed by atoms with Crippen molar-refractivity contribution in [3.05, 3.63) is 0 Å². The van der Waals surface area contributed by atoms with Gasteiger partial charge in [0.05, 0.1) is 92.5 Å². The summed E-state index contributed by atoms with van der Waals surface area (Å²) in [7, 11) is 0. The van der Waals surface area contributed by atoms with E-state index in [1.54, 1.807) is 0 Å². The number of hydrogen-bond acceptors (Lipinski definition) is 9. The summed E-state index contributed by atoms with van der Waals surface area (Å²) in [5.41, 5.74) is 0. The second-order valence-electron chi connectivity index (χ2n) is 8.03. The molecule has 0 spiro atoms. The molecule has 0 aliphatic heterocycles. The van der Waals surface area contributed by atoms with E-state index in [1.807, 2.05) is 27.7 Å². The molecule has 0 heterocycles. The fourth-order valence-electron chi connectivity index (χ4n) is 2.34. The van der Waals surface area contributed by atoms with Gasteiger partial charge in [0.1, 0.15) is 11.6 Å². The van der Waals surface area contributed by atoms with Crippen LogP contribution in [0.15, 0.2) is 0 Å². The van der Waals surface area contributed by atoms with Crippen LogP contribution in [0.5, 0.6) is 0 Å². The topological polar surface area (TPSA) is 98.8 Å². The third-order valence-corrected chi connectivity index (χ3v) is 4.51. The van der Waals surface area contributed by atoms with Gasteiger partial charge in [-0.25, -0.2) is 0 Å². The SMILES string of the molecule is CC(C)C(=O)CCOCCOCCOCCOCCOCCOCCOCCC(=O)C(C)C. The Morgan fingerprint density at radius 3 is 0.758 bits per heavy atom. The third-order valence-electron chi connectivity index (χ3n) is 4.51. The lowest BCUT2D eigenvalue weighted by Gasteiger charge is -2.09. The van der Waals surface area contributed by atoms with Crippen molar-refractivity contribution in [2.45, 2.75) is 40.5 Å². The van der Waals surface area contributed by atoms with Gasteiger partial charge in [-0.15, -0.1) is 0 Å². The Bertz CT molecular complexity index is 415. The molecule has 0 aliphatic rings. The molecule has 0 saturated heterocycles. The molecule has 0 fully saturated rings. The van der Waals surface area contributed by atoms with E-state index in [0.29, 0.717) is 105 Å². The molecule has 0 amide bonds. The molecular formula is C24H46O9. The first-order valence-electron chi connectivity index (χ1n) is 12.0. The van der Waals surface area contributed by atoms with E-state index in [0.717, 1.165) is 0 Å². The predicted molar refractivity (Wildman–Crippen MR) is 125 cm³/mol. The molecule has 0 rings (SSSR count). The van der Waals surface area contributed by atoms with Crippen molar-refractivity contribution in [3.8, 4) is 0 Å². The number of ketones is 2. The lowest BCUT2D eigenvalue weighted by Crippen LogP contribution is -2.15. The summed E-state index contributed by atoms with van der Waals surface area (Å²) in [4.78, 5) is 22.8. The first-order chi connectivity index (χ1) is 15.9. The molecule has 9 heteroatoms. The number of hydrogen-bond donors (Lipinski definition) is 0. The lowest BCUT2D eigenvalue weighted by atomic mass is 10.1. The second kappa shape index (κ2) is 24.2. The fraction of sp³-hybridized carbons (Fsp3) is 0.917. The highest BCUT2D eigenvalue weighted by Gasteiger charge is 2.06. The number of Topliss-reactive ketones (excluding diaryl/α,β-unsaturated/α-hetero) is 2. The van der Waals surface area contributed by atoms with Crippen molar-refractivity contribution in [1.82, 2.24) is 0 Å². The van der Waals surface area contributed by atoms with E-state index in [1.165, 1.54) is 0 Å². The highest BCUT2D eigenvalue weighted by molar-refractivity contribution is 5.80. The largest absolute Gasteiger partial charge is 0.379 e. The Labute approximate surface area is 199 Å². The Hall–Kier alpha value is -0.940. The highest BCUT2D eigenvalue weighted by Crippen LogP contribution is 1.99. The Balaban J connectivity index is 3.10. The fourth-order valence-corrected chi connectivity index (χ4v) is 2.34. The van der Waals surface area contributed by atoms with Gasteiger partial charge in [-0.1, -0.05) is 27.7 Å². The zero-order chi connectivity index (χ0) is 24.6. The molecule has 0 N–H and O–H groups in total. The van der Waals surface area contributed by atoms with Crippen LogP contribution < -0.4 is 0 Å². The minimum atomic E-state index is 0.0641. The van der Waals surface area contributed by atoms with Crippen LogP contribution in [0.2, 0.25) is 0 Å². The summed E-state index contributed by atoms with van der Waals surface area (Å²) in [6.07, 6.45) is 0.914. The maximum atomic E-state index is 11.4. The number of ether oxygens (including phenoxy) is 7. The van der Waals surface area contributed by atoms with Crippen LogP contribution in [-0.2, 0) is 42.7 Å². The normalized spacial score (nSPS) is 11.6. The molecule has 0 atom stereocenters. The first kappa shape index (κ1) is 32.1. The van der Waals surface area contributed by atoms with Gasteiger partial charge in [0.2, 0.25) is 0 Å². The Morgan fingerprint density at radius 2 is 0.576 bits per heavy atom. The minimum Gasteiger partial charge on any atom is -0.379 e. The van der Waals surface area contributed by atoms with E-state index in [2.05, 4.69) is 0 Å². The zero-order valence-corrected chi connectivity index (χ0v) is 21.1.